The second kappa shape index (κ2) is 43.0. The fourth-order valence-electron chi connectivity index (χ4n) is 9.10. The Labute approximate surface area is 418 Å². The Morgan fingerprint density at radius 1 is 0.536 bits per heavy atom. The number of amides is 1. The van der Waals surface area contributed by atoms with Gasteiger partial charge in [0.25, 0.3) is 5.91 Å². The third-order valence-electron chi connectivity index (χ3n) is 13.2. The Balaban J connectivity index is 2.88. The van der Waals surface area contributed by atoms with Crippen molar-refractivity contribution in [3.8, 4) is 0 Å². The fourth-order valence-corrected chi connectivity index (χ4v) is 9.10. The molecule has 0 radical (unpaired) electrons. The summed E-state index contributed by atoms with van der Waals surface area (Å²) in [5.74, 6) is -2.74. The Kier molecular flexibility index (Phi) is 40.1. The molecule has 0 aliphatic carbocycles. The van der Waals surface area contributed by atoms with Gasteiger partial charge in [0.05, 0.1) is 19.3 Å². The summed E-state index contributed by atoms with van der Waals surface area (Å²) in [4.78, 5) is 51.5. The summed E-state index contributed by atoms with van der Waals surface area (Å²) in [7, 11) is 0. The van der Waals surface area contributed by atoms with Gasteiger partial charge in [-0.1, -0.05) is 206 Å². The quantitative estimate of drug-likeness (QED) is 0.0167. The predicted molar refractivity (Wildman–Crippen MR) is 271 cm³/mol. The molecule has 0 bridgehead atoms. The van der Waals surface area contributed by atoms with Crippen molar-refractivity contribution >= 4 is 23.8 Å². The average molecular weight is 984 g/mol. The van der Waals surface area contributed by atoms with Crippen LogP contribution in [-0.4, -0.2) is 113 Å². The molecule has 9 atom stereocenters. The van der Waals surface area contributed by atoms with Crippen LogP contribution in [0.3, 0.4) is 0 Å². The minimum atomic E-state index is -1.75. The van der Waals surface area contributed by atoms with Gasteiger partial charge < -0.3 is 49.4 Å². The highest BCUT2D eigenvalue weighted by atomic mass is 16.7. The molecule has 0 saturated carbocycles. The molecule has 0 aromatic rings. The van der Waals surface area contributed by atoms with Crippen LogP contribution in [0.15, 0.2) is 12.2 Å². The van der Waals surface area contributed by atoms with Gasteiger partial charge in [0.15, 0.2) is 18.5 Å². The van der Waals surface area contributed by atoms with Gasteiger partial charge in [0, 0.05) is 27.2 Å². The largest absolute Gasteiger partial charge is 0.458 e. The molecule has 14 nitrogen and oxygen atoms in total. The molecule has 0 unspecified atom stereocenters. The lowest BCUT2D eigenvalue weighted by Crippen LogP contribution is -2.61. The normalized spacial score (nSPS) is 20.0. The third kappa shape index (κ3) is 32.9. The minimum Gasteiger partial charge on any atom is -0.458 e. The molecule has 0 spiro atoms. The highest BCUT2D eigenvalue weighted by molar-refractivity contribution is 5.83. The van der Waals surface area contributed by atoms with Crippen LogP contribution in [-0.2, 0) is 42.9 Å². The zero-order chi connectivity index (χ0) is 50.9. The van der Waals surface area contributed by atoms with Crippen LogP contribution in [0.4, 0.5) is 0 Å². The first-order valence-corrected chi connectivity index (χ1v) is 27.7. The predicted octanol–water partition coefficient (Wildman–Crippen LogP) is 10.6. The van der Waals surface area contributed by atoms with E-state index in [-0.39, 0.29) is 12.8 Å². The molecule has 404 valence electrons. The van der Waals surface area contributed by atoms with Crippen LogP contribution >= 0.6 is 0 Å². The number of ether oxygens (including phenoxy) is 5. The van der Waals surface area contributed by atoms with E-state index in [2.05, 4.69) is 19.2 Å². The van der Waals surface area contributed by atoms with Crippen molar-refractivity contribution in [2.75, 3.05) is 13.2 Å². The summed E-state index contributed by atoms with van der Waals surface area (Å²) >= 11 is 0. The number of unbranched alkanes of at least 4 members (excludes halogenated alkanes) is 29. The lowest BCUT2D eigenvalue weighted by molar-refractivity contribution is -0.303. The van der Waals surface area contributed by atoms with Gasteiger partial charge in [-0.3, -0.25) is 19.2 Å². The van der Waals surface area contributed by atoms with Crippen molar-refractivity contribution in [3.05, 3.63) is 12.2 Å². The lowest BCUT2D eigenvalue weighted by Gasteiger charge is -2.40. The zero-order valence-electron chi connectivity index (χ0n) is 44.1. The van der Waals surface area contributed by atoms with Crippen LogP contribution in [0, 0.1) is 0 Å². The Bertz CT molecular complexity index is 1310. The van der Waals surface area contributed by atoms with E-state index < -0.39 is 92.1 Å². The van der Waals surface area contributed by atoms with Crippen molar-refractivity contribution < 1.29 is 63.3 Å². The van der Waals surface area contributed by atoms with Gasteiger partial charge in [-0.2, -0.15) is 0 Å². The zero-order valence-corrected chi connectivity index (χ0v) is 44.1. The van der Waals surface area contributed by atoms with E-state index in [0.29, 0.717) is 6.42 Å². The SMILES string of the molecule is CCCCCCCCCCCC/C=C/C[C@@H](OC(C)=O)[C@@H](OC(C)=O)[C@H](CO[C@@H]1O[C@H](CO)[C@H](O)[C@H](O)[C@H]1O)NC(=O)[C@@H](CCCCCCCCCCCCCCCCCCCCCC)OC(C)=O. The Morgan fingerprint density at radius 2 is 0.957 bits per heavy atom. The number of aliphatic hydroxyl groups is 4. The number of hydrogen-bond donors (Lipinski definition) is 5. The van der Waals surface area contributed by atoms with Crippen molar-refractivity contribution in [1.82, 2.24) is 5.32 Å². The maximum absolute atomic E-state index is 14.1. The number of allylic oxidation sites excluding steroid dienone is 1. The number of esters is 3. The molecule has 5 N–H and O–H groups in total. The first-order valence-electron chi connectivity index (χ1n) is 27.7. The first-order chi connectivity index (χ1) is 33.4. The van der Waals surface area contributed by atoms with Crippen LogP contribution in [0.2, 0.25) is 0 Å². The van der Waals surface area contributed by atoms with Crippen LogP contribution in [0.25, 0.3) is 0 Å². The number of carbonyl (C=O) groups is 4. The van der Waals surface area contributed by atoms with E-state index in [9.17, 15) is 39.6 Å². The van der Waals surface area contributed by atoms with Crippen LogP contribution < -0.4 is 5.32 Å². The van der Waals surface area contributed by atoms with Crippen LogP contribution in [0.1, 0.15) is 247 Å². The monoisotopic (exact) mass is 984 g/mol. The van der Waals surface area contributed by atoms with E-state index in [4.69, 9.17) is 23.7 Å². The number of nitrogens with one attached hydrogen (secondary N) is 1. The molecule has 1 heterocycles. The van der Waals surface area contributed by atoms with E-state index in [0.717, 1.165) is 51.4 Å². The van der Waals surface area contributed by atoms with E-state index >= 15 is 0 Å². The topological polar surface area (TPSA) is 207 Å². The maximum Gasteiger partial charge on any atom is 0.303 e. The molecule has 1 rings (SSSR count). The van der Waals surface area contributed by atoms with Crippen LogP contribution in [0.5, 0.6) is 0 Å². The second-order valence-corrected chi connectivity index (χ2v) is 19.6. The summed E-state index contributed by atoms with van der Waals surface area (Å²) in [5, 5.41) is 44.1. The summed E-state index contributed by atoms with van der Waals surface area (Å²) < 4.78 is 28.4. The summed E-state index contributed by atoms with van der Waals surface area (Å²) in [5.41, 5.74) is 0. The van der Waals surface area contributed by atoms with Gasteiger partial charge in [-0.05, 0) is 25.7 Å². The minimum absolute atomic E-state index is 0.120. The van der Waals surface area contributed by atoms with E-state index in [1.165, 1.54) is 162 Å². The molecule has 14 heteroatoms. The summed E-state index contributed by atoms with van der Waals surface area (Å²) in [6.07, 6.45) is 30.2. The molecule has 1 fully saturated rings. The molecule has 69 heavy (non-hydrogen) atoms. The molecule has 1 amide bonds. The number of carbonyl (C=O) groups excluding carboxylic acids is 4. The molecule has 1 saturated heterocycles. The number of rotatable bonds is 45. The van der Waals surface area contributed by atoms with Gasteiger partial charge >= 0.3 is 17.9 Å². The summed E-state index contributed by atoms with van der Waals surface area (Å²) in [6.45, 7) is 6.90. The highest BCUT2D eigenvalue weighted by Gasteiger charge is 2.45. The Morgan fingerprint density at radius 3 is 1.38 bits per heavy atom. The molecule has 0 aromatic carbocycles. The van der Waals surface area contributed by atoms with Gasteiger partial charge in [0.2, 0.25) is 0 Å². The van der Waals surface area contributed by atoms with Gasteiger partial charge in [-0.15, -0.1) is 0 Å². The molecular formula is C55H101NO13. The first kappa shape index (κ1) is 64.4. The van der Waals surface area contributed by atoms with Crippen molar-refractivity contribution in [3.63, 3.8) is 0 Å². The fraction of sp³-hybridized carbons (Fsp3) is 0.891. The highest BCUT2D eigenvalue weighted by Crippen LogP contribution is 2.24. The summed E-state index contributed by atoms with van der Waals surface area (Å²) in [6, 6.07) is -1.26. The maximum atomic E-state index is 14.1. The smallest absolute Gasteiger partial charge is 0.303 e. The molecule has 1 aliphatic heterocycles. The van der Waals surface area contributed by atoms with Crippen molar-refractivity contribution in [1.29, 1.82) is 0 Å². The second-order valence-electron chi connectivity index (χ2n) is 19.6. The van der Waals surface area contributed by atoms with Crippen molar-refractivity contribution in [2.45, 2.75) is 302 Å². The molecule has 0 aromatic heterocycles. The number of hydrogen-bond acceptors (Lipinski definition) is 13. The van der Waals surface area contributed by atoms with Gasteiger partial charge in [0.1, 0.15) is 30.5 Å². The van der Waals surface area contributed by atoms with Crippen molar-refractivity contribution in [2.24, 2.45) is 0 Å². The third-order valence-corrected chi connectivity index (χ3v) is 13.2. The van der Waals surface area contributed by atoms with E-state index in [1.54, 1.807) is 0 Å². The molecule has 1 aliphatic rings. The van der Waals surface area contributed by atoms with Gasteiger partial charge in [-0.25, -0.2) is 0 Å². The number of aliphatic hydroxyl groups excluding tert-OH is 4. The van der Waals surface area contributed by atoms with E-state index in [1.807, 2.05) is 12.2 Å². The standard InChI is InChI=1S/C55H101NO13/c1-6-8-10-12-14-16-18-20-21-22-23-24-25-26-28-30-32-34-36-38-40-48(67-44(4)59)54(64)56-46(42-65-55-52(63)51(62)50(61)49(41-57)69-55)53(68-45(5)60)47(66-43(3)58)39-37-35-33-31-29-27-19-17-15-13-11-9-7-2/h35,37,46-53,55,57,61-63H,6-34,36,38-42H2,1-5H3,(H,56,64)/b37-35+/t46-,47+,48+,49+,50-,51-,52+,53-,55+/m0/s1. The Hall–Kier alpha value is -2.62. The molecular weight excluding hydrogens is 883 g/mol. The average Bonchev–Trinajstić information content (AvgIpc) is 3.31. The lowest BCUT2D eigenvalue weighted by atomic mass is 9.99.